The first-order chi connectivity index (χ1) is 8.36. The van der Waals surface area contributed by atoms with Gasteiger partial charge in [-0.1, -0.05) is 12.1 Å². The summed E-state index contributed by atoms with van der Waals surface area (Å²) >= 11 is 0. The van der Waals surface area contributed by atoms with Gasteiger partial charge in [0.15, 0.2) is 11.7 Å². The predicted octanol–water partition coefficient (Wildman–Crippen LogP) is 1.87. The monoisotopic (exact) mass is 230 g/mol. The number of benzene rings is 1. The summed E-state index contributed by atoms with van der Waals surface area (Å²) in [4.78, 5) is 4.20. The molecule has 4 nitrogen and oxygen atoms in total. The lowest BCUT2D eigenvalue weighted by molar-refractivity contribution is 0.134. The third-order valence-electron chi connectivity index (χ3n) is 2.92. The lowest BCUT2D eigenvalue weighted by Crippen LogP contribution is -2.02. The van der Waals surface area contributed by atoms with E-state index in [4.69, 9.17) is 14.9 Å². The van der Waals surface area contributed by atoms with Gasteiger partial charge in [0.25, 0.3) is 0 Å². The van der Waals surface area contributed by atoms with Crippen molar-refractivity contribution in [2.45, 2.75) is 19.6 Å². The minimum Gasteiger partial charge on any atom is -0.441 e. The summed E-state index contributed by atoms with van der Waals surface area (Å²) in [5.41, 5.74) is 9.01. The van der Waals surface area contributed by atoms with Crippen LogP contribution in [0.15, 0.2) is 28.8 Å². The van der Waals surface area contributed by atoms with Crippen LogP contribution in [0.4, 0.5) is 0 Å². The van der Waals surface area contributed by atoms with Gasteiger partial charge in [0.2, 0.25) is 0 Å². The molecule has 1 aliphatic heterocycles. The maximum Gasteiger partial charge on any atom is 0.196 e. The van der Waals surface area contributed by atoms with E-state index in [2.05, 4.69) is 17.1 Å². The number of oxazole rings is 1. The molecule has 2 aromatic rings. The largest absolute Gasteiger partial charge is 0.441 e. The maximum absolute atomic E-state index is 5.64. The smallest absolute Gasteiger partial charge is 0.196 e. The summed E-state index contributed by atoms with van der Waals surface area (Å²) < 4.78 is 11.0. The fraction of sp³-hybridized carbons (Fsp3) is 0.308. The third-order valence-corrected chi connectivity index (χ3v) is 2.92. The Labute approximate surface area is 99.4 Å². The summed E-state index contributed by atoms with van der Waals surface area (Å²) in [5.74, 6) is 1.49. The number of nitrogens with two attached hydrogens (primary N) is 1. The van der Waals surface area contributed by atoms with Crippen molar-refractivity contribution >= 4 is 0 Å². The number of ether oxygens (including phenoxy) is 1. The third kappa shape index (κ3) is 1.97. The van der Waals surface area contributed by atoms with Crippen molar-refractivity contribution < 1.29 is 9.15 Å². The summed E-state index contributed by atoms with van der Waals surface area (Å²) in [6.07, 6.45) is 2.43. The molecule has 17 heavy (non-hydrogen) atoms. The summed E-state index contributed by atoms with van der Waals surface area (Å²) in [7, 11) is 0. The Morgan fingerprint density at radius 3 is 3.00 bits per heavy atom. The average Bonchev–Trinajstić information content (AvgIpc) is 2.96. The molecule has 0 atom stereocenters. The summed E-state index contributed by atoms with van der Waals surface area (Å²) in [5, 5.41) is 0. The number of nitrogens with zero attached hydrogens (tertiary/aromatic N) is 1. The second-order valence-corrected chi connectivity index (χ2v) is 4.13. The lowest BCUT2D eigenvalue weighted by atomic mass is 10.1. The first-order valence-corrected chi connectivity index (χ1v) is 5.71. The molecule has 1 aromatic heterocycles. The molecule has 88 valence electrons. The van der Waals surface area contributed by atoms with E-state index in [-0.39, 0.29) is 0 Å². The van der Waals surface area contributed by atoms with Crippen LogP contribution in [0.25, 0.3) is 11.3 Å². The van der Waals surface area contributed by atoms with Crippen molar-refractivity contribution in [3.63, 3.8) is 0 Å². The van der Waals surface area contributed by atoms with E-state index in [9.17, 15) is 0 Å². The first kappa shape index (κ1) is 10.5. The van der Waals surface area contributed by atoms with Gasteiger partial charge >= 0.3 is 0 Å². The van der Waals surface area contributed by atoms with Crippen molar-refractivity contribution in [1.29, 1.82) is 0 Å². The Morgan fingerprint density at radius 2 is 2.12 bits per heavy atom. The van der Waals surface area contributed by atoms with Crippen molar-refractivity contribution in [1.82, 2.24) is 4.98 Å². The highest BCUT2D eigenvalue weighted by atomic mass is 16.5. The van der Waals surface area contributed by atoms with Gasteiger partial charge in [-0.25, -0.2) is 4.98 Å². The minimum atomic E-state index is 0.554. The Hall–Kier alpha value is -1.65. The van der Waals surface area contributed by atoms with Crippen LogP contribution in [0, 0.1) is 0 Å². The zero-order chi connectivity index (χ0) is 11.7. The van der Waals surface area contributed by atoms with Crippen LogP contribution in [0.3, 0.4) is 0 Å². The fourth-order valence-corrected chi connectivity index (χ4v) is 2.01. The van der Waals surface area contributed by atoms with Gasteiger partial charge in [0, 0.05) is 18.5 Å². The van der Waals surface area contributed by atoms with Gasteiger partial charge in [-0.3, -0.25) is 0 Å². The Kier molecular flexibility index (Phi) is 2.66. The summed E-state index contributed by atoms with van der Waals surface area (Å²) in [6.45, 7) is 1.95. The van der Waals surface area contributed by atoms with Gasteiger partial charge in [0.1, 0.15) is 0 Å². The van der Waals surface area contributed by atoms with Gasteiger partial charge < -0.3 is 14.9 Å². The highest BCUT2D eigenvalue weighted by molar-refractivity contribution is 5.59. The molecule has 1 aromatic carbocycles. The predicted molar refractivity (Wildman–Crippen MR) is 63.2 cm³/mol. The standard InChI is InChI=1S/C13H14N2O2/c14-4-3-13-15-6-12(17-13)9-1-2-10-7-16-8-11(10)5-9/h1-2,5-6H,3-4,7-8,14H2. The zero-order valence-electron chi connectivity index (χ0n) is 9.48. The molecule has 0 amide bonds. The molecular weight excluding hydrogens is 216 g/mol. The average molecular weight is 230 g/mol. The minimum absolute atomic E-state index is 0.554. The molecule has 0 aliphatic carbocycles. The van der Waals surface area contributed by atoms with Gasteiger partial charge in [-0.2, -0.15) is 0 Å². The molecule has 0 fully saturated rings. The van der Waals surface area contributed by atoms with Crippen LogP contribution < -0.4 is 5.73 Å². The number of hydrogen-bond donors (Lipinski definition) is 1. The molecule has 0 bridgehead atoms. The molecule has 3 rings (SSSR count). The Bertz CT molecular complexity index is 534. The molecule has 0 radical (unpaired) electrons. The Morgan fingerprint density at radius 1 is 1.24 bits per heavy atom. The number of rotatable bonds is 3. The maximum atomic E-state index is 5.64. The lowest BCUT2D eigenvalue weighted by Gasteiger charge is -2.00. The highest BCUT2D eigenvalue weighted by Crippen LogP contribution is 2.27. The van der Waals surface area contributed by atoms with Gasteiger partial charge in [0.05, 0.1) is 19.4 Å². The van der Waals surface area contributed by atoms with Crippen molar-refractivity contribution in [3.05, 3.63) is 41.4 Å². The van der Waals surface area contributed by atoms with Crippen LogP contribution in [-0.2, 0) is 24.4 Å². The second kappa shape index (κ2) is 4.31. The molecule has 1 aliphatic rings. The quantitative estimate of drug-likeness (QED) is 0.874. The zero-order valence-corrected chi connectivity index (χ0v) is 9.48. The molecule has 4 heteroatoms. The van der Waals surface area contributed by atoms with Crippen LogP contribution in [0.5, 0.6) is 0 Å². The Balaban J connectivity index is 1.92. The number of fused-ring (bicyclic) bond motifs is 1. The van der Waals surface area contributed by atoms with Crippen LogP contribution in [-0.4, -0.2) is 11.5 Å². The SMILES string of the molecule is NCCc1ncc(-c2ccc3c(c2)COC3)o1. The van der Waals surface area contributed by atoms with E-state index < -0.39 is 0 Å². The van der Waals surface area contributed by atoms with Gasteiger partial charge in [-0.05, 0) is 17.2 Å². The fourth-order valence-electron chi connectivity index (χ4n) is 2.01. The molecule has 2 N–H and O–H groups in total. The summed E-state index contributed by atoms with van der Waals surface area (Å²) in [6, 6.07) is 6.23. The molecule has 0 saturated carbocycles. The molecule has 0 saturated heterocycles. The molecule has 2 heterocycles. The van der Waals surface area contributed by atoms with Crippen molar-refractivity contribution in [2.75, 3.05) is 6.54 Å². The molecular formula is C13H14N2O2. The number of hydrogen-bond acceptors (Lipinski definition) is 4. The van der Waals surface area contributed by atoms with Gasteiger partial charge in [-0.15, -0.1) is 0 Å². The van der Waals surface area contributed by atoms with E-state index in [1.807, 2.05) is 6.07 Å². The van der Waals surface area contributed by atoms with E-state index in [1.54, 1.807) is 6.20 Å². The van der Waals surface area contributed by atoms with E-state index in [0.29, 0.717) is 32.1 Å². The van der Waals surface area contributed by atoms with Crippen LogP contribution >= 0.6 is 0 Å². The normalized spacial score (nSPS) is 13.9. The van der Waals surface area contributed by atoms with Crippen molar-refractivity contribution in [3.8, 4) is 11.3 Å². The number of aromatic nitrogens is 1. The van der Waals surface area contributed by atoms with E-state index in [1.165, 1.54) is 11.1 Å². The highest BCUT2D eigenvalue weighted by Gasteiger charge is 2.13. The molecule has 0 spiro atoms. The van der Waals surface area contributed by atoms with Crippen molar-refractivity contribution in [2.24, 2.45) is 5.73 Å². The topological polar surface area (TPSA) is 61.3 Å². The van der Waals surface area contributed by atoms with Crippen LogP contribution in [0.1, 0.15) is 17.0 Å². The molecule has 0 unspecified atom stereocenters. The van der Waals surface area contributed by atoms with E-state index >= 15 is 0 Å². The second-order valence-electron chi connectivity index (χ2n) is 4.13. The first-order valence-electron chi connectivity index (χ1n) is 5.71. The van der Waals surface area contributed by atoms with Crippen LogP contribution in [0.2, 0.25) is 0 Å². The van der Waals surface area contributed by atoms with E-state index in [0.717, 1.165) is 11.3 Å².